The monoisotopic (exact) mass is 434 g/mol. The first kappa shape index (κ1) is 22.9. The van der Waals surface area contributed by atoms with Crippen molar-refractivity contribution in [2.75, 3.05) is 18.8 Å². The molecule has 2 aromatic heterocycles. The zero-order valence-electron chi connectivity index (χ0n) is 18.8. The maximum Gasteiger partial charge on any atom is 0.191 e. The molecule has 4 N–H and O–H groups in total. The maximum absolute atomic E-state index is 9.55. The topological polar surface area (TPSA) is 130 Å². The smallest absolute Gasteiger partial charge is 0.191 e. The molecule has 0 spiro atoms. The van der Waals surface area contributed by atoms with Crippen molar-refractivity contribution in [3.63, 3.8) is 0 Å². The maximum atomic E-state index is 9.55. The van der Waals surface area contributed by atoms with E-state index in [2.05, 4.69) is 45.8 Å². The molecule has 3 rings (SSSR count). The van der Waals surface area contributed by atoms with Crippen LogP contribution in [0.2, 0.25) is 0 Å². The molecule has 3 aromatic rings. The van der Waals surface area contributed by atoms with E-state index in [0.717, 1.165) is 30.1 Å². The quantitative estimate of drug-likeness (QED) is 0.268. The van der Waals surface area contributed by atoms with Crippen LogP contribution in [0, 0.1) is 11.3 Å². The molecule has 2 heterocycles. The lowest BCUT2D eigenvalue weighted by Gasteiger charge is -2.10. The fourth-order valence-electron chi connectivity index (χ4n) is 3.18. The van der Waals surface area contributed by atoms with Crippen LogP contribution in [0.25, 0.3) is 5.69 Å². The van der Waals surface area contributed by atoms with Gasteiger partial charge in [0.05, 0.1) is 17.1 Å². The summed E-state index contributed by atoms with van der Waals surface area (Å²) in [5.74, 6) is 2.11. The van der Waals surface area contributed by atoms with Gasteiger partial charge in [0.15, 0.2) is 11.7 Å². The van der Waals surface area contributed by atoms with Crippen molar-refractivity contribution in [3.8, 4) is 11.8 Å². The molecular formula is C23H30N8O. The van der Waals surface area contributed by atoms with E-state index in [-0.39, 0.29) is 0 Å². The number of rotatable bonds is 9. The number of nitrogens with zero attached hydrogens (tertiary/aromatic N) is 5. The number of nitrogen functional groups attached to an aromatic ring is 1. The van der Waals surface area contributed by atoms with Crippen LogP contribution < -0.4 is 16.4 Å². The number of para-hydroxylation sites is 1. The molecule has 0 aliphatic carbocycles. The number of guanidine groups is 1. The highest BCUT2D eigenvalue weighted by Gasteiger charge is 2.16. The predicted octanol–water partition coefficient (Wildman–Crippen LogP) is 3.13. The number of benzene rings is 1. The third-order valence-electron chi connectivity index (χ3n) is 4.89. The van der Waals surface area contributed by atoms with Gasteiger partial charge in [0.25, 0.3) is 0 Å². The number of hydrogen-bond donors (Lipinski definition) is 3. The summed E-state index contributed by atoms with van der Waals surface area (Å²) in [5.41, 5.74) is 9.06. The molecule has 0 amide bonds. The second-order valence-electron chi connectivity index (χ2n) is 7.66. The Morgan fingerprint density at radius 2 is 2.06 bits per heavy atom. The normalized spacial score (nSPS) is 11.5. The summed E-state index contributed by atoms with van der Waals surface area (Å²) in [7, 11) is 0. The Labute approximate surface area is 188 Å². The lowest BCUT2D eigenvalue weighted by atomic mass is 10.1. The summed E-state index contributed by atoms with van der Waals surface area (Å²) in [6.45, 7) is 7.99. The van der Waals surface area contributed by atoms with E-state index in [9.17, 15) is 5.26 Å². The Bertz CT molecular complexity index is 1080. The summed E-state index contributed by atoms with van der Waals surface area (Å²) < 4.78 is 6.97. The van der Waals surface area contributed by atoms with E-state index in [1.54, 1.807) is 4.68 Å². The second kappa shape index (κ2) is 11.0. The molecule has 168 valence electrons. The summed E-state index contributed by atoms with van der Waals surface area (Å²) >= 11 is 0. The van der Waals surface area contributed by atoms with E-state index in [1.165, 1.54) is 0 Å². The van der Waals surface area contributed by atoms with E-state index in [4.69, 9.17) is 10.3 Å². The van der Waals surface area contributed by atoms with Crippen molar-refractivity contribution in [1.82, 2.24) is 25.6 Å². The molecule has 0 saturated heterocycles. The van der Waals surface area contributed by atoms with Gasteiger partial charge in [0, 0.05) is 19.2 Å². The van der Waals surface area contributed by atoms with Crippen molar-refractivity contribution in [1.29, 1.82) is 5.26 Å². The van der Waals surface area contributed by atoms with Crippen molar-refractivity contribution < 1.29 is 4.52 Å². The minimum Gasteiger partial charge on any atom is -0.382 e. The summed E-state index contributed by atoms with van der Waals surface area (Å²) in [4.78, 5) is 4.56. The molecule has 9 nitrogen and oxygen atoms in total. The van der Waals surface area contributed by atoms with Crippen LogP contribution in [0.5, 0.6) is 0 Å². The first-order chi connectivity index (χ1) is 15.5. The van der Waals surface area contributed by atoms with E-state index < -0.39 is 0 Å². The van der Waals surface area contributed by atoms with E-state index >= 15 is 0 Å². The molecule has 0 aliphatic heterocycles. The molecule has 0 radical (unpaired) electrons. The molecule has 0 aliphatic rings. The van der Waals surface area contributed by atoms with Crippen molar-refractivity contribution in [2.45, 2.75) is 46.1 Å². The minimum absolute atomic E-state index is 0.320. The van der Waals surface area contributed by atoms with Gasteiger partial charge in [-0.15, -0.1) is 0 Å². The van der Waals surface area contributed by atoms with Crippen LogP contribution in [0.4, 0.5) is 5.82 Å². The summed E-state index contributed by atoms with van der Waals surface area (Å²) in [6.07, 6.45) is 1.39. The van der Waals surface area contributed by atoms with Gasteiger partial charge in [-0.25, -0.2) is 9.67 Å². The molecule has 32 heavy (non-hydrogen) atoms. The van der Waals surface area contributed by atoms with Crippen LogP contribution in [-0.4, -0.2) is 34.0 Å². The Balaban J connectivity index is 1.58. The van der Waals surface area contributed by atoms with Gasteiger partial charge >= 0.3 is 0 Å². The Morgan fingerprint density at radius 3 is 2.72 bits per heavy atom. The van der Waals surface area contributed by atoms with Gasteiger partial charge in [-0.2, -0.15) is 10.4 Å². The average Bonchev–Trinajstić information content (AvgIpc) is 3.40. The zero-order chi connectivity index (χ0) is 22.9. The highest BCUT2D eigenvalue weighted by Crippen LogP contribution is 2.21. The molecule has 0 saturated carbocycles. The van der Waals surface area contributed by atoms with Crippen LogP contribution in [0.15, 0.2) is 45.9 Å². The van der Waals surface area contributed by atoms with Crippen molar-refractivity contribution in [2.24, 2.45) is 4.99 Å². The van der Waals surface area contributed by atoms with Crippen LogP contribution in [-0.2, 0) is 13.0 Å². The SMILES string of the molecule is CCNC(=NCc1cc(C(C)C)no1)NCCCc1nn(-c2ccccc2)c(N)c1C#N. The lowest BCUT2D eigenvalue weighted by Crippen LogP contribution is -2.37. The molecule has 0 atom stereocenters. The van der Waals surface area contributed by atoms with Crippen LogP contribution >= 0.6 is 0 Å². The van der Waals surface area contributed by atoms with Crippen LogP contribution in [0.3, 0.4) is 0 Å². The van der Waals surface area contributed by atoms with Gasteiger partial charge in [-0.05, 0) is 37.8 Å². The van der Waals surface area contributed by atoms with E-state index in [1.807, 2.05) is 43.3 Å². The Morgan fingerprint density at radius 1 is 1.28 bits per heavy atom. The Hall–Kier alpha value is -3.80. The standard InChI is InChI=1S/C23H30N8O/c1-4-26-23(28-15-18-13-21(16(2)3)30-32-18)27-12-8-11-20-19(14-24)22(25)31(29-20)17-9-6-5-7-10-17/h5-7,9-10,13,16H,4,8,11-12,15,25H2,1-3H3,(H2,26,27,28). The largest absolute Gasteiger partial charge is 0.382 e. The van der Waals surface area contributed by atoms with Gasteiger partial charge in [0.1, 0.15) is 24.0 Å². The molecule has 0 unspecified atom stereocenters. The number of nitrogens with two attached hydrogens (primary N) is 1. The fourth-order valence-corrected chi connectivity index (χ4v) is 3.18. The summed E-state index contributed by atoms with van der Waals surface area (Å²) in [6, 6.07) is 13.7. The fraction of sp³-hybridized carbons (Fsp3) is 0.391. The van der Waals surface area contributed by atoms with Gasteiger partial charge in [-0.1, -0.05) is 37.2 Å². The molecule has 0 fully saturated rings. The first-order valence-corrected chi connectivity index (χ1v) is 10.8. The average molecular weight is 435 g/mol. The number of aryl methyl sites for hydroxylation is 1. The van der Waals surface area contributed by atoms with Gasteiger partial charge in [0.2, 0.25) is 0 Å². The molecular weight excluding hydrogens is 404 g/mol. The number of aliphatic imine (C=N–C) groups is 1. The van der Waals surface area contributed by atoms with Crippen molar-refractivity contribution in [3.05, 3.63) is 59.1 Å². The molecule has 0 bridgehead atoms. The number of nitriles is 1. The highest BCUT2D eigenvalue weighted by molar-refractivity contribution is 5.79. The Kier molecular flexibility index (Phi) is 7.86. The summed E-state index contributed by atoms with van der Waals surface area (Å²) in [5, 5.41) is 24.7. The van der Waals surface area contributed by atoms with Crippen LogP contribution in [0.1, 0.15) is 55.8 Å². The van der Waals surface area contributed by atoms with Gasteiger partial charge < -0.3 is 20.9 Å². The number of hydrogen-bond acceptors (Lipinski definition) is 6. The van der Waals surface area contributed by atoms with Crippen molar-refractivity contribution >= 4 is 11.8 Å². The molecule has 1 aromatic carbocycles. The lowest BCUT2D eigenvalue weighted by molar-refractivity contribution is 0.376. The van der Waals surface area contributed by atoms with E-state index in [0.29, 0.717) is 48.5 Å². The number of aromatic nitrogens is 3. The molecule has 9 heteroatoms. The first-order valence-electron chi connectivity index (χ1n) is 10.8. The number of nitrogens with one attached hydrogen (secondary N) is 2. The number of anilines is 1. The minimum atomic E-state index is 0.320. The zero-order valence-corrected chi connectivity index (χ0v) is 18.8. The third-order valence-corrected chi connectivity index (χ3v) is 4.89. The highest BCUT2D eigenvalue weighted by atomic mass is 16.5. The van der Waals surface area contributed by atoms with Gasteiger partial charge in [-0.3, -0.25) is 0 Å². The second-order valence-corrected chi connectivity index (χ2v) is 7.66. The third kappa shape index (κ3) is 5.66. The predicted molar refractivity (Wildman–Crippen MR) is 124 cm³/mol.